The Morgan fingerprint density at radius 3 is 2.80 bits per heavy atom. The van der Waals surface area contributed by atoms with E-state index in [0.717, 1.165) is 18.4 Å². The number of carbonyl (C=O) groups excluding carboxylic acids is 1. The third kappa shape index (κ3) is 3.44. The Labute approximate surface area is 124 Å². The van der Waals surface area contributed by atoms with Crippen LogP contribution in [0.3, 0.4) is 0 Å². The molecule has 0 spiro atoms. The molecule has 110 valence electrons. The number of carbonyl (C=O) groups is 1. The smallest absolute Gasteiger partial charge is 0.260 e. The summed E-state index contributed by atoms with van der Waals surface area (Å²) >= 11 is 5.93. The van der Waals surface area contributed by atoms with E-state index in [1.165, 1.54) is 0 Å². The summed E-state index contributed by atoms with van der Waals surface area (Å²) in [6, 6.07) is 5.30. The Balaban J connectivity index is 1.80. The number of hydrogen-bond acceptors (Lipinski definition) is 3. The van der Waals surface area contributed by atoms with E-state index in [4.69, 9.17) is 16.3 Å². The Morgan fingerprint density at radius 2 is 2.20 bits per heavy atom. The van der Waals surface area contributed by atoms with Gasteiger partial charge in [-0.3, -0.25) is 4.79 Å². The topological polar surface area (TPSA) is 49.8 Å². The van der Waals surface area contributed by atoms with Gasteiger partial charge in [0.1, 0.15) is 5.75 Å². The SMILES string of the molecule is CCCC1(O)CN(C(=O)COc2ccc(Cl)c(C)c2)C1. The summed E-state index contributed by atoms with van der Waals surface area (Å²) in [5.41, 5.74) is 0.222. The molecule has 5 heteroatoms. The lowest BCUT2D eigenvalue weighted by Crippen LogP contribution is -2.64. The van der Waals surface area contributed by atoms with Crippen LogP contribution in [0.1, 0.15) is 25.3 Å². The summed E-state index contributed by atoms with van der Waals surface area (Å²) in [5.74, 6) is 0.531. The maximum Gasteiger partial charge on any atom is 0.260 e. The van der Waals surface area contributed by atoms with Crippen molar-refractivity contribution in [3.63, 3.8) is 0 Å². The summed E-state index contributed by atoms with van der Waals surface area (Å²) in [7, 11) is 0. The van der Waals surface area contributed by atoms with Gasteiger partial charge in [-0.05, 0) is 37.1 Å². The highest BCUT2D eigenvalue weighted by Crippen LogP contribution is 2.26. The molecular formula is C15H20ClNO3. The molecule has 0 aliphatic carbocycles. The van der Waals surface area contributed by atoms with Crippen molar-refractivity contribution < 1.29 is 14.6 Å². The van der Waals surface area contributed by atoms with Gasteiger partial charge in [-0.1, -0.05) is 24.9 Å². The molecule has 1 heterocycles. The van der Waals surface area contributed by atoms with Gasteiger partial charge in [-0.25, -0.2) is 0 Å². The lowest BCUT2D eigenvalue weighted by molar-refractivity contribution is -0.158. The zero-order valence-corrected chi connectivity index (χ0v) is 12.6. The van der Waals surface area contributed by atoms with E-state index in [9.17, 15) is 9.90 Å². The molecule has 0 atom stereocenters. The normalized spacial score (nSPS) is 16.7. The lowest BCUT2D eigenvalue weighted by atomic mass is 9.89. The van der Waals surface area contributed by atoms with Crippen LogP contribution in [0.25, 0.3) is 0 Å². The highest BCUT2D eigenvalue weighted by atomic mass is 35.5. The molecule has 1 aliphatic heterocycles. The van der Waals surface area contributed by atoms with Crippen molar-refractivity contribution in [2.24, 2.45) is 0 Å². The average Bonchev–Trinajstić information content (AvgIpc) is 2.37. The molecule has 4 nitrogen and oxygen atoms in total. The van der Waals surface area contributed by atoms with Crippen molar-refractivity contribution in [3.05, 3.63) is 28.8 Å². The molecule has 0 saturated carbocycles. The first-order valence-electron chi connectivity index (χ1n) is 6.82. The lowest BCUT2D eigenvalue weighted by Gasteiger charge is -2.46. The van der Waals surface area contributed by atoms with Crippen LogP contribution in [0.4, 0.5) is 0 Å². The van der Waals surface area contributed by atoms with Crippen LogP contribution in [0, 0.1) is 6.92 Å². The van der Waals surface area contributed by atoms with Crippen molar-refractivity contribution in [1.29, 1.82) is 0 Å². The van der Waals surface area contributed by atoms with Crippen LogP contribution in [0.5, 0.6) is 5.75 Å². The van der Waals surface area contributed by atoms with Crippen LogP contribution >= 0.6 is 11.6 Å². The number of likely N-dealkylation sites (tertiary alicyclic amines) is 1. The van der Waals surface area contributed by atoms with E-state index >= 15 is 0 Å². The second-order valence-electron chi connectivity index (χ2n) is 5.42. The van der Waals surface area contributed by atoms with Crippen molar-refractivity contribution in [3.8, 4) is 5.75 Å². The molecule has 1 amide bonds. The number of nitrogens with zero attached hydrogens (tertiary/aromatic N) is 1. The van der Waals surface area contributed by atoms with E-state index in [1.54, 1.807) is 23.1 Å². The Kier molecular flexibility index (Phi) is 4.55. The van der Waals surface area contributed by atoms with Crippen LogP contribution in [-0.2, 0) is 4.79 Å². The summed E-state index contributed by atoms with van der Waals surface area (Å²) in [6.07, 6.45) is 1.65. The summed E-state index contributed by atoms with van der Waals surface area (Å²) in [6.45, 7) is 4.71. The molecule has 0 aromatic heterocycles. The Bertz CT molecular complexity index is 498. The van der Waals surface area contributed by atoms with Gasteiger partial charge < -0.3 is 14.7 Å². The monoisotopic (exact) mass is 297 g/mol. The van der Waals surface area contributed by atoms with Crippen molar-refractivity contribution in [2.75, 3.05) is 19.7 Å². The highest BCUT2D eigenvalue weighted by Gasteiger charge is 2.42. The fourth-order valence-corrected chi connectivity index (χ4v) is 2.52. The average molecular weight is 298 g/mol. The van der Waals surface area contributed by atoms with E-state index in [0.29, 0.717) is 23.9 Å². The zero-order chi connectivity index (χ0) is 14.8. The number of hydrogen-bond donors (Lipinski definition) is 1. The molecule has 1 aliphatic rings. The molecule has 20 heavy (non-hydrogen) atoms. The van der Waals surface area contributed by atoms with Gasteiger partial charge in [0.15, 0.2) is 6.61 Å². The quantitative estimate of drug-likeness (QED) is 0.908. The van der Waals surface area contributed by atoms with Crippen molar-refractivity contribution in [2.45, 2.75) is 32.3 Å². The molecule has 1 N–H and O–H groups in total. The number of aryl methyl sites for hydroxylation is 1. The first-order chi connectivity index (χ1) is 9.43. The number of rotatable bonds is 5. The fraction of sp³-hybridized carbons (Fsp3) is 0.533. The first kappa shape index (κ1) is 15.1. The molecule has 0 bridgehead atoms. The summed E-state index contributed by atoms with van der Waals surface area (Å²) in [4.78, 5) is 13.5. The minimum absolute atomic E-state index is 0.0106. The van der Waals surface area contributed by atoms with E-state index < -0.39 is 5.60 Å². The summed E-state index contributed by atoms with van der Waals surface area (Å²) < 4.78 is 5.46. The molecule has 1 fully saturated rings. The van der Waals surface area contributed by atoms with Gasteiger partial charge in [0.25, 0.3) is 5.91 Å². The molecule has 2 rings (SSSR count). The van der Waals surface area contributed by atoms with E-state index in [-0.39, 0.29) is 12.5 Å². The van der Waals surface area contributed by atoms with Crippen molar-refractivity contribution in [1.82, 2.24) is 4.90 Å². The maximum absolute atomic E-state index is 11.9. The number of aliphatic hydroxyl groups is 1. The number of benzene rings is 1. The van der Waals surface area contributed by atoms with Gasteiger partial charge in [-0.15, -0.1) is 0 Å². The highest BCUT2D eigenvalue weighted by molar-refractivity contribution is 6.31. The van der Waals surface area contributed by atoms with Crippen LogP contribution in [0.2, 0.25) is 5.02 Å². The molecule has 1 saturated heterocycles. The Morgan fingerprint density at radius 1 is 1.50 bits per heavy atom. The van der Waals surface area contributed by atoms with Gasteiger partial charge in [0, 0.05) is 5.02 Å². The number of ether oxygens (including phenoxy) is 1. The van der Waals surface area contributed by atoms with Crippen LogP contribution < -0.4 is 4.74 Å². The first-order valence-corrected chi connectivity index (χ1v) is 7.20. The van der Waals surface area contributed by atoms with Gasteiger partial charge >= 0.3 is 0 Å². The molecular weight excluding hydrogens is 278 g/mol. The number of halogens is 1. The minimum atomic E-state index is -0.693. The second-order valence-corrected chi connectivity index (χ2v) is 5.83. The third-order valence-electron chi connectivity index (χ3n) is 3.53. The van der Waals surface area contributed by atoms with Gasteiger partial charge in [0.05, 0.1) is 18.7 Å². The standard InChI is InChI=1S/C15H20ClNO3/c1-3-6-15(19)9-17(10-15)14(18)8-20-12-4-5-13(16)11(2)7-12/h4-5,7,19H,3,6,8-10H2,1-2H3. The second kappa shape index (κ2) is 6.02. The third-order valence-corrected chi connectivity index (χ3v) is 3.95. The van der Waals surface area contributed by atoms with E-state index in [2.05, 4.69) is 0 Å². The van der Waals surface area contributed by atoms with Gasteiger partial charge in [0.2, 0.25) is 0 Å². The van der Waals surface area contributed by atoms with Crippen LogP contribution in [-0.4, -0.2) is 41.2 Å². The molecule has 1 aromatic rings. The van der Waals surface area contributed by atoms with Gasteiger partial charge in [-0.2, -0.15) is 0 Å². The molecule has 1 aromatic carbocycles. The van der Waals surface area contributed by atoms with Crippen LogP contribution in [0.15, 0.2) is 18.2 Å². The number of β-amino-alcohol motifs (C(OH)–C–C–N with tert-alkyl or cyclic N) is 1. The van der Waals surface area contributed by atoms with E-state index in [1.807, 2.05) is 13.8 Å². The zero-order valence-electron chi connectivity index (χ0n) is 11.9. The largest absolute Gasteiger partial charge is 0.484 e. The minimum Gasteiger partial charge on any atom is -0.484 e. The number of amides is 1. The predicted octanol–water partition coefficient (Wildman–Crippen LogP) is 2.40. The van der Waals surface area contributed by atoms with Crippen molar-refractivity contribution >= 4 is 17.5 Å². The summed E-state index contributed by atoms with van der Waals surface area (Å²) in [5, 5.41) is 10.7. The molecule has 0 unspecified atom stereocenters. The maximum atomic E-state index is 11.9. The fourth-order valence-electron chi connectivity index (χ4n) is 2.41. The molecule has 0 radical (unpaired) electrons. The predicted molar refractivity (Wildman–Crippen MR) is 78.1 cm³/mol. The Hall–Kier alpha value is -1.26.